The Kier molecular flexibility index (Phi) is 22.2. The van der Waals surface area contributed by atoms with E-state index in [0.717, 1.165) is 61.5 Å². The molecule has 14 aromatic rings. The summed E-state index contributed by atoms with van der Waals surface area (Å²) in [5.41, 5.74) is 27.0. The molecule has 0 aliphatic heterocycles. The van der Waals surface area contributed by atoms with Crippen LogP contribution in [0.25, 0.3) is 110 Å². The van der Waals surface area contributed by atoms with Crippen LogP contribution in [0.15, 0.2) is 165 Å². The Bertz CT molecular complexity index is 6820. The summed E-state index contributed by atoms with van der Waals surface area (Å²) < 4.78 is 9.34. The molecule has 15 rings (SSSR count). The number of fused-ring (bicyclic) bond motifs is 10. The maximum absolute atomic E-state index is 17.0. The van der Waals surface area contributed by atoms with Gasteiger partial charge in [0.25, 0.3) is 0 Å². The normalized spacial score (nSPS) is 15.7. The number of hydrogen-bond donors (Lipinski definition) is 0. The van der Waals surface area contributed by atoms with Crippen molar-refractivity contribution in [3.05, 3.63) is 276 Å². The predicted octanol–water partition coefficient (Wildman–Crippen LogP) is 30.6. The van der Waals surface area contributed by atoms with Crippen LogP contribution in [0.3, 0.4) is 0 Å². The van der Waals surface area contributed by atoms with Gasteiger partial charge in [-0.25, -0.2) is 0 Å². The summed E-state index contributed by atoms with van der Waals surface area (Å²) >= 11 is 0. The highest BCUT2D eigenvalue weighted by molar-refractivity contribution is 6.08. The van der Waals surface area contributed by atoms with Gasteiger partial charge in [-0.3, -0.25) is 19.2 Å². The molecule has 4 aromatic heterocycles. The number of nitrogens with zero attached hydrogens (tertiary/aromatic N) is 4. The van der Waals surface area contributed by atoms with Crippen LogP contribution in [0.2, 0.25) is 0 Å². The van der Waals surface area contributed by atoms with E-state index in [9.17, 15) is 0 Å². The van der Waals surface area contributed by atoms with Crippen molar-refractivity contribution in [3.8, 4) is 22.7 Å². The van der Waals surface area contributed by atoms with Crippen LogP contribution in [0, 0.1) is 0 Å². The quantitative estimate of drug-likeness (QED) is 0.102. The monoisotopic (exact) mass is 1630 g/mol. The van der Waals surface area contributed by atoms with E-state index in [-0.39, 0.29) is 104 Å². The average molecular weight is 1630 g/mol. The second kappa shape index (κ2) is 31.1. The van der Waals surface area contributed by atoms with E-state index in [0.29, 0.717) is 78.0 Å². The Morgan fingerprint density at radius 2 is 0.475 bits per heavy atom. The molecule has 0 spiro atoms. The van der Waals surface area contributed by atoms with Gasteiger partial charge in [-0.1, -0.05) is 246 Å². The molecule has 0 amide bonds. The Hall–Kier alpha value is -9.92. The van der Waals surface area contributed by atoms with E-state index >= 15 is 19.2 Å². The fraction of sp³-hybridized carbons (Fsp3) is 0.439. The summed E-state index contributed by atoms with van der Waals surface area (Å²) in [7, 11) is 0. The predicted molar refractivity (Wildman–Crippen MR) is 526 cm³/mol. The SMILES string of the molecule is CC(C)c1cc(C(C)C)cc(-n2c3cc(C(C)C)c(C(C)C)cc3c(=O)c3cc4c(cc32)c(=O)c2cc3c(cc2n4-c2cc(C(C)C)cc(C(C)C)c2)C(C)CC(C)(C)c2cc4c(=O)c5cc6c(cc5n(-c5cc(C(C)C)cc(C(C)C)c5)c4cc2C(C)(C)CC3C)c(=O)c2cc(C(C)(C)C)c(C(C)(C)C)cc2n6-c2cc(C(C)C)cc(C(C)C)c2)c1. The van der Waals surface area contributed by atoms with E-state index < -0.39 is 10.8 Å². The minimum atomic E-state index is -0.547. The molecule has 10 aromatic carbocycles. The van der Waals surface area contributed by atoms with Crippen molar-refractivity contribution >= 4 is 87.2 Å². The van der Waals surface area contributed by atoms with Gasteiger partial charge in [-0.05, 0) is 316 Å². The molecular weight excluding hydrogens is 1490 g/mol. The number of benzene rings is 10. The molecule has 8 heteroatoms. The highest BCUT2D eigenvalue weighted by atomic mass is 16.1. The van der Waals surface area contributed by atoms with Crippen LogP contribution in [0.5, 0.6) is 0 Å². The molecule has 2 unspecified atom stereocenters. The topological polar surface area (TPSA) is 88.0 Å². The molecule has 0 bridgehead atoms. The third-order valence-electron chi connectivity index (χ3n) is 28.0. The molecule has 0 saturated heterocycles. The lowest BCUT2D eigenvalue weighted by molar-refractivity contribution is 0.386. The van der Waals surface area contributed by atoms with Crippen LogP contribution in [0.4, 0.5) is 0 Å². The van der Waals surface area contributed by atoms with E-state index in [2.05, 4.69) is 385 Å². The zero-order valence-corrected chi connectivity index (χ0v) is 79.6. The van der Waals surface area contributed by atoms with Gasteiger partial charge in [-0.2, -0.15) is 0 Å². The standard InChI is InChI=1S/C114H136N4O4/c1-59(2)71-33-72(60(3)4)38-79(37-71)115-99-49-84(68(19)20)83(67(17)18)45-87(99)107(119)91-51-102-92(52-101(91)115)108(120)88-46-85-69(21)57-114(31,32)98-56-106-90(48-97(98)113(29,30)58-70(22)86(85)50-100(88)116(102)80-39-73(61(5)6)34-74(40-80)62(7)8)110(122)94-54-103-93(53-104(94)118(106)82-43-77(65(13)14)36-78(44-82)66(15)16)109(121)89-47-95(111(23,24)25)96(112(26,27)28)55-105(89)117(103)81-41-75(63(9)10)35-76(42-81)64(11)12/h33-56,59-70H,57-58H2,1-32H3. The van der Waals surface area contributed by atoms with Gasteiger partial charge < -0.3 is 18.3 Å². The number of rotatable bonds is 14. The van der Waals surface area contributed by atoms with E-state index in [1.54, 1.807) is 0 Å². The average Bonchev–Trinajstić information content (AvgIpc) is 0.707. The first-order chi connectivity index (χ1) is 57.0. The van der Waals surface area contributed by atoms with E-state index in [1.807, 2.05) is 0 Å². The Morgan fingerprint density at radius 1 is 0.254 bits per heavy atom. The smallest absolute Gasteiger partial charge is 0.197 e. The lowest BCUT2D eigenvalue weighted by Gasteiger charge is -2.40. The zero-order chi connectivity index (χ0) is 88.7. The lowest BCUT2D eigenvalue weighted by Crippen LogP contribution is -2.31. The van der Waals surface area contributed by atoms with Crippen molar-refractivity contribution < 1.29 is 0 Å². The summed E-state index contributed by atoms with van der Waals surface area (Å²) in [5, 5.41) is 4.81. The van der Waals surface area contributed by atoms with Gasteiger partial charge in [0.15, 0.2) is 21.7 Å². The molecule has 0 radical (unpaired) electrons. The second-order valence-electron chi connectivity index (χ2n) is 43.7. The van der Waals surface area contributed by atoms with Crippen LogP contribution >= 0.6 is 0 Å². The highest BCUT2D eigenvalue weighted by Crippen LogP contribution is 2.51. The molecule has 0 saturated carbocycles. The van der Waals surface area contributed by atoms with Gasteiger partial charge in [0.2, 0.25) is 0 Å². The van der Waals surface area contributed by atoms with Crippen LogP contribution in [-0.4, -0.2) is 18.3 Å². The van der Waals surface area contributed by atoms with Crippen molar-refractivity contribution in [3.63, 3.8) is 0 Å². The maximum atomic E-state index is 17.0. The Morgan fingerprint density at radius 3 is 0.770 bits per heavy atom. The largest absolute Gasteiger partial charge is 0.309 e. The number of aromatic nitrogens is 4. The first-order valence-corrected chi connectivity index (χ1v) is 46.0. The molecule has 636 valence electrons. The van der Waals surface area contributed by atoms with Gasteiger partial charge in [0.05, 0.1) is 44.1 Å². The fourth-order valence-electron chi connectivity index (χ4n) is 20.7. The van der Waals surface area contributed by atoms with Crippen molar-refractivity contribution in [2.45, 2.75) is 327 Å². The summed E-state index contributed by atoms with van der Waals surface area (Å²) in [6.45, 7) is 73.0. The number of pyridine rings is 4. The molecule has 1 aliphatic carbocycles. The Balaban J connectivity index is 1.04. The Labute approximate surface area is 726 Å². The fourth-order valence-corrected chi connectivity index (χ4v) is 20.7. The molecule has 0 N–H and O–H groups in total. The molecular formula is C114H136N4O4. The van der Waals surface area contributed by atoms with Crippen LogP contribution in [0.1, 0.15) is 394 Å². The third-order valence-corrected chi connectivity index (χ3v) is 28.0. The van der Waals surface area contributed by atoms with Crippen molar-refractivity contribution in [1.82, 2.24) is 18.3 Å². The van der Waals surface area contributed by atoms with E-state index in [4.69, 9.17) is 0 Å². The van der Waals surface area contributed by atoms with Crippen molar-refractivity contribution in [2.75, 3.05) is 0 Å². The van der Waals surface area contributed by atoms with Crippen molar-refractivity contribution in [2.24, 2.45) is 0 Å². The first-order valence-electron chi connectivity index (χ1n) is 46.0. The summed E-state index contributed by atoms with van der Waals surface area (Å²) in [5.74, 6) is 1.90. The molecule has 0 fully saturated rings. The number of hydrogen-bond acceptors (Lipinski definition) is 4. The molecule has 4 heterocycles. The summed E-state index contributed by atoms with van der Waals surface area (Å²) in [6, 6.07) is 54.6. The van der Waals surface area contributed by atoms with E-state index in [1.165, 1.54) is 72.3 Å². The van der Waals surface area contributed by atoms with Crippen LogP contribution in [-0.2, 0) is 21.7 Å². The molecule has 8 nitrogen and oxygen atoms in total. The van der Waals surface area contributed by atoms with Gasteiger partial charge in [0, 0.05) is 65.8 Å². The summed E-state index contributed by atoms with van der Waals surface area (Å²) in [4.78, 5) is 66.7. The minimum absolute atomic E-state index is 0.0491. The second-order valence-corrected chi connectivity index (χ2v) is 43.7. The molecule has 1 aliphatic rings. The van der Waals surface area contributed by atoms with Crippen LogP contribution < -0.4 is 21.7 Å². The van der Waals surface area contributed by atoms with Gasteiger partial charge in [0.1, 0.15) is 0 Å². The third kappa shape index (κ3) is 14.9. The minimum Gasteiger partial charge on any atom is -0.309 e. The first kappa shape index (κ1) is 87.0. The maximum Gasteiger partial charge on any atom is 0.197 e. The van der Waals surface area contributed by atoms with Gasteiger partial charge in [-0.15, -0.1) is 0 Å². The van der Waals surface area contributed by atoms with Crippen molar-refractivity contribution in [1.29, 1.82) is 0 Å². The molecule has 2 atom stereocenters. The van der Waals surface area contributed by atoms with Gasteiger partial charge >= 0.3 is 0 Å². The molecule has 122 heavy (non-hydrogen) atoms. The lowest BCUT2D eigenvalue weighted by atomic mass is 9.64. The zero-order valence-electron chi connectivity index (χ0n) is 79.6. The summed E-state index contributed by atoms with van der Waals surface area (Å²) in [6.07, 6.45) is 1.41. The highest BCUT2D eigenvalue weighted by Gasteiger charge is 2.39.